The summed E-state index contributed by atoms with van der Waals surface area (Å²) in [4.78, 5) is 8.56. The molecule has 3 aromatic rings. The molecule has 108 valence electrons. The molecule has 0 aliphatic rings. The SMILES string of the molecule is COc1ccc(-n2c(N)nc3cc(Cl)cnc32)cc1OC. The average molecular weight is 305 g/mol. The van der Waals surface area contributed by atoms with Crippen LogP contribution < -0.4 is 15.2 Å². The van der Waals surface area contributed by atoms with Crippen molar-refractivity contribution in [2.75, 3.05) is 20.0 Å². The van der Waals surface area contributed by atoms with Crippen molar-refractivity contribution in [2.24, 2.45) is 0 Å². The number of pyridine rings is 1. The van der Waals surface area contributed by atoms with Crippen molar-refractivity contribution in [1.29, 1.82) is 0 Å². The largest absolute Gasteiger partial charge is 0.493 e. The first-order valence-corrected chi connectivity index (χ1v) is 6.53. The molecular weight excluding hydrogens is 292 g/mol. The van der Waals surface area contributed by atoms with Gasteiger partial charge in [0.15, 0.2) is 17.1 Å². The molecule has 0 saturated heterocycles. The topological polar surface area (TPSA) is 75.2 Å². The van der Waals surface area contributed by atoms with Crippen LogP contribution in [0.25, 0.3) is 16.9 Å². The lowest BCUT2D eigenvalue weighted by molar-refractivity contribution is 0.355. The average Bonchev–Trinajstić information content (AvgIpc) is 2.81. The lowest BCUT2D eigenvalue weighted by atomic mass is 10.2. The number of fused-ring (bicyclic) bond motifs is 1. The van der Waals surface area contributed by atoms with E-state index in [1.165, 1.54) is 0 Å². The van der Waals surface area contributed by atoms with Gasteiger partial charge in [-0.2, -0.15) is 0 Å². The normalized spacial score (nSPS) is 10.8. The van der Waals surface area contributed by atoms with Crippen LogP contribution in [0.2, 0.25) is 5.02 Å². The summed E-state index contributed by atoms with van der Waals surface area (Å²) >= 11 is 5.92. The number of nitrogen functional groups attached to an aromatic ring is 1. The van der Waals surface area contributed by atoms with Crippen LogP contribution in [0.5, 0.6) is 11.5 Å². The van der Waals surface area contributed by atoms with Gasteiger partial charge in [0.1, 0.15) is 5.52 Å². The summed E-state index contributed by atoms with van der Waals surface area (Å²) in [6.07, 6.45) is 1.56. The Hall–Kier alpha value is -2.47. The summed E-state index contributed by atoms with van der Waals surface area (Å²) in [5.74, 6) is 1.57. The van der Waals surface area contributed by atoms with E-state index in [1.54, 1.807) is 37.1 Å². The van der Waals surface area contributed by atoms with Gasteiger partial charge in [0.2, 0.25) is 5.95 Å². The second-order valence-corrected chi connectivity index (χ2v) is 4.78. The second-order valence-electron chi connectivity index (χ2n) is 4.34. The third-order valence-corrected chi connectivity index (χ3v) is 3.32. The van der Waals surface area contributed by atoms with Crippen LogP contribution >= 0.6 is 11.6 Å². The number of ether oxygens (including phenoxy) is 2. The predicted octanol–water partition coefficient (Wildman–Crippen LogP) is 2.67. The number of imidazole rings is 1. The van der Waals surface area contributed by atoms with Crippen LogP contribution in [-0.2, 0) is 0 Å². The lowest BCUT2D eigenvalue weighted by Gasteiger charge is -2.11. The fourth-order valence-corrected chi connectivity index (χ4v) is 2.33. The summed E-state index contributed by atoms with van der Waals surface area (Å²) in [6.45, 7) is 0. The van der Waals surface area contributed by atoms with Gasteiger partial charge in [0, 0.05) is 12.3 Å². The van der Waals surface area contributed by atoms with Crippen molar-refractivity contribution in [2.45, 2.75) is 0 Å². The van der Waals surface area contributed by atoms with Crippen LogP contribution in [0.4, 0.5) is 5.95 Å². The summed E-state index contributed by atoms with van der Waals surface area (Å²) in [7, 11) is 3.16. The van der Waals surface area contributed by atoms with E-state index in [-0.39, 0.29) is 0 Å². The molecule has 6 nitrogen and oxygen atoms in total. The predicted molar refractivity (Wildman–Crippen MR) is 81.4 cm³/mol. The smallest absolute Gasteiger partial charge is 0.207 e. The highest BCUT2D eigenvalue weighted by atomic mass is 35.5. The lowest BCUT2D eigenvalue weighted by Crippen LogP contribution is -2.02. The zero-order valence-corrected chi connectivity index (χ0v) is 12.3. The Morgan fingerprint density at radius 2 is 1.90 bits per heavy atom. The molecule has 3 rings (SSSR count). The molecule has 0 unspecified atom stereocenters. The van der Waals surface area contributed by atoms with Crippen LogP contribution in [0.1, 0.15) is 0 Å². The number of methoxy groups -OCH3 is 2. The standard InChI is InChI=1S/C14H13ClN4O2/c1-20-11-4-3-9(6-12(11)21-2)19-13-10(18-14(19)16)5-8(15)7-17-13/h3-7H,1-2H3,(H2,16,18). The van der Waals surface area contributed by atoms with E-state index in [0.717, 1.165) is 5.69 Å². The third-order valence-electron chi connectivity index (χ3n) is 3.12. The molecule has 0 fully saturated rings. The molecule has 0 bridgehead atoms. The second kappa shape index (κ2) is 5.14. The van der Waals surface area contributed by atoms with Gasteiger partial charge in [0.25, 0.3) is 0 Å². The molecule has 0 saturated carbocycles. The summed E-state index contributed by atoms with van der Waals surface area (Å²) in [5.41, 5.74) is 8.04. The molecule has 0 amide bonds. The Kier molecular flexibility index (Phi) is 3.31. The molecule has 0 spiro atoms. The Labute approximate surface area is 126 Å². The highest BCUT2D eigenvalue weighted by Crippen LogP contribution is 2.31. The van der Waals surface area contributed by atoms with Crippen molar-refractivity contribution in [3.63, 3.8) is 0 Å². The van der Waals surface area contributed by atoms with Gasteiger partial charge in [-0.1, -0.05) is 11.6 Å². The fraction of sp³-hybridized carbons (Fsp3) is 0.143. The van der Waals surface area contributed by atoms with Crippen molar-refractivity contribution in [1.82, 2.24) is 14.5 Å². The first kappa shape index (κ1) is 13.5. The number of aromatic nitrogens is 3. The molecule has 2 aromatic heterocycles. The van der Waals surface area contributed by atoms with Gasteiger partial charge < -0.3 is 15.2 Å². The number of hydrogen-bond donors (Lipinski definition) is 1. The number of halogens is 1. The number of nitrogens with zero attached hydrogens (tertiary/aromatic N) is 3. The Morgan fingerprint density at radius 3 is 2.62 bits per heavy atom. The molecule has 0 aliphatic carbocycles. The molecule has 7 heteroatoms. The first-order valence-electron chi connectivity index (χ1n) is 6.16. The molecule has 0 aliphatic heterocycles. The van der Waals surface area contributed by atoms with Crippen LogP contribution in [-0.4, -0.2) is 28.8 Å². The van der Waals surface area contributed by atoms with Crippen molar-refractivity contribution in [3.8, 4) is 17.2 Å². The summed E-state index contributed by atoms with van der Waals surface area (Å²) in [6, 6.07) is 7.19. The van der Waals surface area contributed by atoms with Crippen molar-refractivity contribution in [3.05, 3.63) is 35.5 Å². The van der Waals surface area contributed by atoms with Gasteiger partial charge in [-0.05, 0) is 18.2 Å². The molecule has 1 aromatic carbocycles. The number of hydrogen-bond acceptors (Lipinski definition) is 5. The van der Waals surface area contributed by atoms with Gasteiger partial charge >= 0.3 is 0 Å². The van der Waals surface area contributed by atoms with Gasteiger partial charge in [-0.25, -0.2) is 9.97 Å². The van der Waals surface area contributed by atoms with Gasteiger partial charge in [-0.3, -0.25) is 4.57 Å². The maximum Gasteiger partial charge on any atom is 0.207 e. The van der Waals surface area contributed by atoms with Crippen LogP contribution in [0, 0.1) is 0 Å². The van der Waals surface area contributed by atoms with E-state index in [0.29, 0.717) is 33.6 Å². The highest BCUT2D eigenvalue weighted by molar-refractivity contribution is 6.31. The quantitative estimate of drug-likeness (QED) is 0.805. The minimum absolute atomic E-state index is 0.326. The van der Waals surface area contributed by atoms with E-state index >= 15 is 0 Å². The number of rotatable bonds is 3. The number of anilines is 1. The molecule has 21 heavy (non-hydrogen) atoms. The van der Waals surface area contributed by atoms with Crippen LogP contribution in [0.3, 0.4) is 0 Å². The summed E-state index contributed by atoms with van der Waals surface area (Å²) < 4.78 is 12.3. The minimum atomic E-state index is 0.326. The Balaban J connectivity index is 2.22. The van der Waals surface area contributed by atoms with Crippen molar-refractivity contribution < 1.29 is 9.47 Å². The van der Waals surface area contributed by atoms with E-state index in [2.05, 4.69) is 9.97 Å². The van der Waals surface area contributed by atoms with Crippen molar-refractivity contribution >= 4 is 28.7 Å². The number of nitrogens with two attached hydrogens (primary N) is 1. The molecule has 0 atom stereocenters. The Morgan fingerprint density at radius 1 is 1.14 bits per heavy atom. The van der Waals surface area contributed by atoms with E-state index in [1.807, 2.05) is 12.1 Å². The number of benzene rings is 1. The molecular formula is C14H13ClN4O2. The first-order chi connectivity index (χ1) is 10.1. The fourth-order valence-electron chi connectivity index (χ4n) is 2.18. The van der Waals surface area contributed by atoms with Gasteiger partial charge in [0.05, 0.1) is 24.9 Å². The van der Waals surface area contributed by atoms with Gasteiger partial charge in [-0.15, -0.1) is 0 Å². The van der Waals surface area contributed by atoms with E-state index < -0.39 is 0 Å². The molecule has 2 N–H and O–H groups in total. The van der Waals surface area contributed by atoms with E-state index in [9.17, 15) is 0 Å². The third kappa shape index (κ3) is 2.23. The molecule has 0 radical (unpaired) electrons. The molecule has 2 heterocycles. The monoisotopic (exact) mass is 304 g/mol. The zero-order chi connectivity index (χ0) is 15.0. The zero-order valence-electron chi connectivity index (χ0n) is 11.5. The van der Waals surface area contributed by atoms with Crippen LogP contribution in [0.15, 0.2) is 30.5 Å². The minimum Gasteiger partial charge on any atom is -0.493 e. The highest BCUT2D eigenvalue weighted by Gasteiger charge is 2.14. The maximum atomic E-state index is 5.99. The van der Waals surface area contributed by atoms with E-state index in [4.69, 9.17) is 26.8 Å². The Bertz CT molecular complexity index is 816. The summed E-state index contributed by atoms with van der Waals surface area (Å²) in [5, 5.41) is 0.513. The maximum absolute atomic E-state index is 5.99.